The molecule has 0 aliphatic carbocycles. The molecule has 0 spiro atoms. The molecule has 0 radical (unpaired) electrons. The van der Waals surface area contributed by atoms with Gasteiger partial charge in [-0.05, 0) is 77.4 Å². The topological polar surface area (TPSA) is 77.7 Å². The van der Waals surface area contributed by atoms with E-state index < -0.39 is 0 Å². The quantitative estimate of drug-likeness (QED) is 0.224. The first-order valence-corrected chi connectivity index (χ1v) is 10.8. The second-order valence-corrected chi connectivity index (χ2v) is 8.28. The van der Waals surface area contributed by atoms with Gasteiger partial charge in [-0.15, -0.1) is 0 Å². The van der Waals surface area contributed by atoms with Gasteiger partial charge in [0.2, 0.25) is 0 Å². The highest BCUT2D eigenvalue weighted by Gasteiger charge is 2.42. The molecule has 2 N–H and O–H groups in total. The minimum atomic E-state index is -0.216. The highest BCUT2D eigenvalue weighted by molar-refractivity contribution is 14.1. The van der Waals surface area contributed by atoms with E-state index in [4.69, 9.17) is 14.6 Å². The summed E-state index contributed by atoms with van der Waals surface area (Å²) in [5.41, 5.74) is 3.43. The zero-order chi connectivity index (χ0) is 20.8. The van der Waals surface area contributed by atoms with Crippen molar-refractivity contribution in [1.82, 2.24) is 5.32 Å². The number of aliphatic hydroxyl groups is 1. The lowest BCUT2D eigenvalue weighted by Crippen LogP contribution is -2.17. The smallest absolute Gasteiger partial charge is 0.306 e. The molecular weight excluding hydrogens is 481 g/mol. The minimum absolute atomic E-state index is 0.0250. The first-order chi connectivity index (χ1) is 14.0. The van der Waals surface area contributed by atoms with Crippen LogP contribution in [0.5, 0.6) is 5.75 Å². The number of hydrogen-bond donors (Lipinski definition) is 2. The third-order valence-electron chi connectivity index (χ3n) is 5.03. The average molecular weight is 507 g/mol. The Hall–Kier alpha value is -2.06. The summed E-state index contributed by atoms with van der Waals surface area (Å²) in [7, 11) is 0. The number of carbonyl (C=O) groups excluding carboxylic acids is 1. The van der Waals surface area contributed by atoms with Crippen molar-refractivity contribution in [2.45, 2.75) is 44.9 Å². The molecule has 2 aromatic rings. The molecule has 1 unspecified atom stereocenters. The normalized spacial score (nSPS) is 19.1. The standard InChI is InChI=1S/C23H26INO4/c1-3-28-22(27)13-19(23-21(25-23)10-11-26)17-6-8-18(9-7-17)29-14-16-5-4-15(2)20(24)12-16/h4-12,19,21,23,25-26H,3,13-14H2,1-2H3/b11-10-/t19-,21?,23+/m0/s1. The molecule has 0 saturated carbocycles. The number of aliphatic hydroxyl groups excluding tert-OH is 1. The van der Waals surface area contributed by atoms with E-state index in [0.29, 0.717) is 19.6 Å². The second kappa shape index (κ2) is 10.1. The predicted octanol–water partition coefficient (Wildman–Crippen LogP) is 4.63. The van der Waals surface area contributed by atoms with E-state index in [-0.39, 0.29) is 24.0 Å². The maximum atomic E-state index is 12.1. The van der Waals surface area contributed by atoms with Gasteiger partial charge in [0.15, 0.2) is 0 Å². The SMILES string of the molecule is CCOC(=O)C[C@@H](c1ccc(OCc2ccc(C)c(I)c2)cc1)[C@H]1NC1/C=C\O. The number of rotatable bonds is 9. The molecule has 29 heavy (non-hydrogen) atoms. The third-order valence-corrected chi connectivity index (χ3v) is 6.19. The van der Waals surface area contributed by atoms with Crippen LogP contribution in [0.25, 0.3) is 0 Å². The molecule has 1 saturated heterocycles. The highest BCUT2D eigenvalue weighted by atomic mass is 127. The number of halogens is 1. The molecule has 1 fully saturated rings. The Bertz CT molecular complexity index is 866. The molecule has 1 heterocycles. The van der Waals surface area contributed by atoms with Gasteiger partial charge in [0.25, 0.3) is 0 Å². The monoisotopic (exact) mass is 507 g/mol. The number of benzene rings is 2. The van der Waals surface area contributed by atoms with E-state index in [0.717, 1.165) is 23.1 Å². The Labute approximate surface area is 185 Å². The zero-order valence-corrected chi connectivity index (χ0v) is 18.8. The molecule has 6 heteroatoms. The summed E-state index contributed by atoms with van der Waals surface area (Å²) >= 11 is 2.33. The fourth-order valence-corrected chi connectivity index (χ4v) is 3.94. The number of esters is 1. The van der Waals surface area contributed by atoms with Crippen molar-refractivity contribution in [3.05, 3.63) is 75.1 Å². The van der Waals surface area contributed by atoms with Gasteiger partial charge in [-0.25, -0.2) is 0 Å². The molecule has 154 valence electrons. The van der Waals surface area contributed by atoms with E-state index in [2.05, 4.69) is 53.0 Å². The Kier molecular flexibility index (Phi) is 7.55. The number of nitrogens with one attached hydrogen (secondary N) is 1. The van der Waals surface area contributed by atoms with Crippen molar-refractivity contribution in [1.29, 1.82) is 0 Å². The maximum Gasteiger partial charge on any atom is 0.306 e. The molecule has 3 rings (SSSR count). The third kappa shape index (κ3) is 5.96. The van der Waals surface area contributed by atoms with Gasteiger partial charge >= 0.3 is 5.97 Å². The fourth-order valence-electron chi connectivity index (χ4n) is 3.36. The summed E-state index contributed by atoms with van der Waals surface area (Å²) in [4.78, 5) is 12.1. The van der Waals surface area contributed by atoms with Crippen molar-refractivity contribution < 1.29 is 19.4 Å². The second-order valence-electron chi connectivity index (χ2n) is 7.12. The van der Waals surface area contributed by atoms with E-state index >= 15 is 0 Å². The van der Waals surface area contributed by atoms with E-state index in [1.807, 2.05) is 24.3 Å². The number of aryl methyl sites for hydroxylation is 1. The molecule has 3 atom stereocenters. The molecule has 1 aliphatic rings. The number of carbonyl (C=O) groups is 1. The first-order valence-electron chi connectivity index (χ1n) is 9.72. The lowest BCUT2D eigenvalue weighted by molar-refractivity contribution is -0.143. The lowest BCUT2D eigenvalue weighted by atomic mass is 9.90. The minimum Gasteiger partial charge on any atom is -0.516 e. The Balaban J connectivity index is 1.66. The lowest BCUT2D eigenvalue weighted by Gasteiger charge is -2.16. The van der Waals surface area contributed by atoms with Crippen LogP contribution in [0.1, 0.15) is 36.0 Å². The Morgan fingerprint density at radius 3 is 2.69 bits per heavy atom. The van der Waals surface area contributed by atoms with Crippen molar-refractivity contribution in [3.8, 4) is 5.75 Å². The van der Waals surface area contributed by atoms with Gasteiger partial charge in [-0.2, -0.15) is 0 Å². The maximum absolute atomic E-state index is 12.1. The Morgan fingerprint density at radius 1 is 1.28 bits per heavy atom. The molecule has 5 nitrogen and oxygen atoms in total. The van der Waals surface area contributed by atoms with Gasteiger partial charge in [0.1, 0.15) is 12.4 Å². The van der Waals surface area contributed by atoms with Gasteiger partial charge < -0.3 is 19.9 Å². The summed E-state index contributed by atoms with van der Waals surface area (Å²) in [5, 5.41) is 12.3. The molecule has 2 aromatic carbocycles. The van der Waals surface area contributed by atoms with Crippen LogP contribution in [0, 0.1) is 10.5 Å². The van der Waals surface area contributed by atoms with Crippen LogP contribution in [0.4, 0.5) is 0 Å². The summed E-state index contributed by atoms with van der Waals surface area (Å²) in [6.07, 6.45) is 3.04. The fraction of sp³-hybridized carbons (Fsp3) is 0.348. The van der Waals surface area contributed by atoms with Crippen LogP contribution in [-0.2, 0) is 16.1 Å². The first kappa shape index (κ1) is 21.6. The van der Waals surface area contributed by atoms with Crippen molar-refractivity contribution in [2.75, 3.05) is 6.61 Å². The zero-order valence-electron chi connectivity index (χ0n) is 16.6. The van der Waals surface area contributed by atoms with Gasteiger partial charge in [-0.1, -0.05) is 24.3 Å². The van der Waals surface area contributed by atoms with Crippen LogP contribution in [0.2, 0.25) is 0 Å². The largest absolute Gasteiger partial charge is 0.516 e. The van der Waals surface area contributed by atoms with Crippen LogP contribution >= 0.6 is 22.6 Å². The van der Waals surface area contributed by atoms with Crippen molar-refractivity contribution in [2.24, 2.45) is 0 Å². The summed E-state index contributed by atoms with van der Waals surface area (Å²) in [6.45, 7) is 4.78. The van der Waals surface area contributed by atoms with Crippen LogP contribution in [0.3, 0.4) is 0 Å². The predicted molar refractivity (Wildman–Crippen MR) is 121 cm³/mol. The molecular formula is C23H26INO4. The van der Waals surface area contributed by atoms with Gasteiger partial charge in [0.05, 0.1) is 19.3 Å². The van der Waals surface area contributed by atoms with Crippen LogP contribution in [0.15, 0.2) is 54.8 Å². The summed E-state index contributed by atoms with van der Waals surface area (Å²) < 4.78 is 12.3. The van der Waals surface area contributed by atoms with Gasteiger partial charge in [-0.3, -0.25) is 4.79 Å². The molecule has 0 aromatic heterocycles. The number of hydrogen-bond acceptors (Lipinski definition) is 5. The summed E-state index contributed by atoms with van der Waals surface area (Å²) in [5.74, 6) is 0.546. The van der Waals surface area contributed by atoms with E-state index in [1.165, 1.54) is 9.13 Å². The highest BCUT2D eigenvalue weighted by Crippen LogP contribution is 2.34. The molecule has 1 aliphatic heterocycles. The van der Waals surface area contributed by atoms with E-state index in [1.54, 1.807) is 13.0 Å². The molecule has 0 amide bonds. The Morgan fingerprint density at radius 2 is 2.03 bits per heavy atom. The van der Waals surface area contributed by atoms with Crippen molar-refractivity contribution >= 4 is 28.6 Å². The summed E-state index contributed by atoms with van der Waals surface area (Å²) in [6, 6.07) is 14.3. The van der Waals surface area contributed by atoms with E-state index in [9.17, 15) is 4.79 Å². The van der Waals surface area contributed by atoms with Crippen LogP contribution in [-0.4, -0.2) is 29.8 Å². The van der Waals surface area contributed by atoms with Crippen molar-refractivity contribution in [3.63, 3.8) is 0 Å². The number of ether oxygens (including phenoxy) is 2. The average Bonchev–Trinajstić information content (AvgIpc) is 3.47. The van der Waals surface area contributed by atoms with Gasteiger partial charge in [0, 0.05) is 21.6 Å². The van der Waals surface area contributed by atoms with Crippen LogP contribution < -0.4 is 10.1 Å². The molecule has 0 bridgehead atoms.